The molecular formula is C16H23ClN6O3S. The Morgan fingerprint density at radius 1 is 1.07 bits per heavy atom. The zero-order valence-electron chi connectivity index (χ0n) is 15.7. The number of aliphatic hydroxyl groups is 2. The highest BCUT2D eigenvalue weighted by molar-refractivity contribution is 7.91. The van der Waals surface area contributed by atoms with Crippen LogP contribution in [-0.2, 0) is 11.2 Å². The Bertz CT molecular complexity index is 819. The SMILES string of the molecule is CC(C)(O)N(c1ncnc2c(N3CC[S+]([O-])CC3)nc(Cl)nc12)C(C)(C)O. The predicted octanol–water partition coefficient (Wildman–Crippen LogP) is 0.905. The van der Waals surface area contributed by atoms with Crippen LogP contribution in [0.25, 0.3) is 11.0 Å². The van der Waals surface area contributed by atoms with E-state index in [0.717, 1.165) is 0 Å². The van der Waals surface area contributed by atoms with Gasteiger partial charge < -0.3 is 19.7 Å². The van der Waals surface area contributed by atoms with E-state index in [2.05, 4.69) is 19.9 Å². The fourth-order valence-corrected chi connectivity index (χ4v) is 4.53. The van der Waals surface area contributed by atoms with Crippen molar-refractivity contribution >= 4 is 45.4 Å². The molecule has 0 aromatic carbocycles. The lowest BCUT2D eigenvalue weighted by Crippen LogP contribution is -2.56. The first-order valence-corrected chi connectivity index (χ1v) is 10.4. The molecule has 2 aromatic heterocycles. The van der Waals surface area contributed by atoms with Crippen LogP contribution in [0.15, 0.2) is 6.33 Å². The van der Waals surface area contributed by atoms with E-state index in [-0.39, 0.29) is 11.1 Å². The van der Waals surface area contributed by atoms with Gasteiger partial charge >= 0.3 is 0 Å². The number of aromatic nitrogens is 4. The molecule has 1 saturated heterocycles. The molecule has 0 amide bonds. The monoisotopic (exact) mass is 414 g/mol. The Morgan fingerprint density at radius 3 is 2.22 bits per heavy atom. The Kier molecular flexibility index (Phi) is 5.39. The van der Waals surface area contributed by atoms with E-state index in [1.54, 1.807) is 27.7 Å². The Balaban J connectivity index is 2.19. The molecule has 0 radical (unpaired) electrons. The van der Waals surface area contributed by atoms with Crippen LogP contribution in [0, 0.1) is 0 Å². The smallest absolute Gasteiger partial charge is 0.225 e. The maximum Gasteiger partial charge on any atom is 0.225 e. The van der Waals surface area contributed by atoms with Crippen LogP contribution in [-0.4, -0.2) is 70.7 Å². The van der Waals surface area contributed by atoms with E-state index in [4.69, 9.17) is 11.6 Å². The number of anilines is 2. The van der Waals surface area contributed by atoms with Crippen molar-refractivity contribution < 1.29 is 14.8 Å². The maximum atomic E-state index is 11.7. The van der Waals surface area contributed by atoms with Crippen molar-refractivity contribution in [2.24, 2.45) is 0 Å². The fraction of sp³-hybridized carbons (Fsp3) is 0.625. The Morgan fingerprint density at radius 2 is 1.67 bits per heavy atom. The molecule has 2 aromatic rings. The minimum Gasteiger partial charge on any atom is -0.616 e. The molecule has 0 spiro atoms. The number of nitrogens with zero attached hydrogens (tertiary/aromatic N) is 6. The standard InChI is InChI=1S/C16H23ClN6O3S/c1-15(2,24)23(16(3,4)25)12-11-10(18-9-19-12)13(21-14(17)20-11)22-5-7-27(26)8-6-22/h9,24-25H,5-8H2,1-4H3. The molecule has 1 aliphatic heterocycles. The van der Waals surface area contributed by atoms with Crippen LogP contribution in [0.2, 0.25) is 5.28 Å². The number of hydrogen-bond donors (Lipinski definition) is 2. The maximum absolute atomic E-state index is 11.7. The summed E-state index contributed by atoms with van der Waals surface area (Å²) in [5, 5.41) is 21.3. The number of rotatable bonds is 4. The first-order valence-electron chi connectivity index (χ1n) is 8.52. The second-order valence-electron chi connectivity index (χ2n) is 7.37. The van der Waals surface area contributed by atoms with Gasteiger partial charge in [-0.3, -0.25) is 4.90 Å². The largest absolute Gasteiger partial charge is 0.616 e. The molecule has 148 valence electrons. The molecule has 1 fully saturated rings. The quantitative estimate of drug-likeness (QED) is 0.427. The summed E-state index contributed by atoms with van der Waals surface area (Å²) in [5.74, 6) is 1.85. The Labute approximate surface area is 165 Å². The fourth-order valence-electron chi connectivity index (χ4n) is 3.32. The third kappa shape index (κ3) is 4.19. The minimum atomic E-state index is -1.43. The number of fused-ring (bicyclic) bond motifs is 1. The van der Waals surface area contributed by atoms with Crippen molar-refractivity contribution in [3.05, 3.63) is 11.6 Å². The second-order valence-corrected chi connectivity index (χ2v) is 9.40. The minimum absolute atomic E-state index is 0.00619. The lowest BCUT2D eigenvalue weighted by atomic mass is 10.1. The van der Waals surface area contributed by atoms with Crippen LogP contribution in [0.4, 0.5) is 11.6 Å². The van der Waals surface area contributed by atoms with E-state index >= 15 is 0 Å². The molecule has 0 bridgehead atoms. The summed E-state index contributed by atoms with van der Waals surface area (Å²) >= 11 is 5.33. The number of halogens is 1. The molecule has 2 N–H and O–H groups in total. The molecule has 0 atom stereocenters. The predicted molar refractivity (Wildman–Crippen MR) is 105 cm³/mol. The summed E-state index contributed by atoms with van der Waals surface area (Å²) in [6.07, 6.45) is 1.34. The highest BCUT2D eigenvalue weighted by Gasteiger charge is 2.38. The van der Waals surface area contributed by atoms with Crippen LogP contribution in [0.1, 0.15) is 27.7 Å². The number of hydrogen-bond acceptors (Lipinski definition) is 9. The molecule has 0 saturated carbocycles. The summed E-state index contributed by atoms with van der Waals surface area (Å²) in [6, 6.07) is 0. The van der Waals surface area contributed by atoms with Crippen LogP contribution in [0.5, 0.6) is 0 Å². The highest BCUT2D eigenvalue weighted by Crippen LogP contribution is 2.35. The van der Waals surface area contributed by atoms with E-state index in [1.807, 2.05) is 4.90 Å². The van der Waals surface area contributed by atoms with Gasteiger partial charge in [-0.15, -0.1) is 0 Å². The third-order valence-corrected chi connectivity index (χ3v) is 5.65. The van der Waals surface area contributed by atoms with Crippen LogP contribution < -0.4 is 9.80 Å². The molecule has 1 aliphatic rings. The van der Waals surface area contributed by atoms with Crippen molar-refractivity contribution in [1.82, 2.24) is 19.9 Å². The zero-order valence-corrected chi connectivity index (χ0v) is 17.3. The van der Waals surface area contributed by atoms with Gasteiger partial charge in [0.15, 0.2) is 11.6 Å². The lowest BCUT2D eigenvalue weighted by Gasteiger charge is -2.43. The van der Waals surface area contributed by atoms with Gasteiger partial charge in [0.1, 0.15) is 40.3 Å². The molecule has 3 rings (SSSR count). The van der Waals surface area contributed by atoms with Gasteiger partial charge in [-0.2, -0.15) is 4.98 Å². The second kappa shape index (κ2) is 7.17. The topological polar surface area (TPSA) is 122 Å². The van der Waals surface area contributed by atoms with Crippen molar-refractivity contribution in [2.45, 2.75) is 39.1 Å². The molecule has 3 heterocycles. The van der Waals surface area contributed by atoms with E-state index in [0.29, 0.717) is 41.4 Å². The highest BCUT2D eigenvalue weighted by atomic mass is 35.5. The van der Waals surface area contributed by atoms with E-state index in [1.165, 1.54) is 11.2 Å². The van der Waals surface area contributed by atoms with Crippen molar-refractivity contribution in [3.63, 3.8) is 0 Å². The van der Waals surface area contributed by atoms with E-state index in [9.17, 15) is 14.8 Å². The lowest BCUT2D eigenvalue weighted by molar-refractivity contribution is -0.0207. The normalized spacial score (nSPS) is 16.8. The van der Waals surface area contributed by atoms with Gasteiger partial charge in [-0.25, -0.2) is 15.0 Å². The molecule has 27 heavy (non-hydrogen) atoms. The summed E-state index contributed by atoms with van der Waals surface area (Å²) in [4.78, 5) is 20.5. The summed E-state index contributed by atoms with van der Waals surface area (Å²) in [6.45, 7) is 7.31. The van der Waals surface area contributed by atoms with Gasteiger partial charge in [0.05, 0.1) is 13.1 Å². The van der Waals surface area contributed by atoms with Crippen LogP contribution in [0.3, 0.4) is 0 Å². The summed E-state index contributed by atoms with van der Waals surface area (Å²) in [7, 11) is 0. The molecule has 0 unspecified atom stereocenters. The molecular weight excluding hydrogens is 392 g/mol. The Hall–Kier alpha value is -1.46. The third-order valence-electron chi connectivity index (χ3n) is 4.20. The van der Waals surface area contributed by atoms with Crippen LogP contribution >= 0.6 is 11.6 Å². The van der Waals surface area contributed by atoms with E-state index < -0.39 is 22.6 Å². The first-order chi connectivity index (χ1) is 12.5. The first kappa shape index (κ1) is 20.3. The van der Waals surface area contributed by atoms with Gasteiger partial charge in [-0.05, 0) is 39.3 Å². The van der Waals surface area contributed by atoms with Gasteiger partial charge in [0.2, 0.25) is 5.28 Å². The molecule has 11 heteroatoms. The van der Waals surface area contributed by atoms with Gasteiger partial charge in [0, 0.05) is 0 Å². The molecule has 9 nitrogen and oxygen atoms in total. The van der Waals surface area contributed by atoms with Gasteiger partial charge in [-0.1, -0.05) is 11.2 Å². The van der Waals surface area contributed by atoms with Crippen molar-refractivity contribution in [1.29, 1.82) is 0 Å². The van der Waals surface area contributed by atoms with Gasteiger partial charge in [0.25, 0.3) is 0 Å². The summed E-state index contributed by atoms with van der Waals surface area (Å²) < 4.78 is 11.7. The zero-order chi connectivity index (χ0) is 20.0. The van der Waals surface area contributed by atoms with Crippen molar-refractivity contribution in [3.8, 4) is 0 Å². The summed E-state index contributed by atoms with van der Waals surface area (Å²) in [5.41, 5.74) is -2.09. The van der Waals surface area contributed by atoms with Crippen molar-refractivity contribution in [2.75, 3.05) is 34.4 Å². The average molecular weight is 415 g/mol. The average Bonchev–Trinajstić information content (AvgIpc) is 2.53. The molecule has 0 aliphatic carbocycles.